The third kappa shape index (κ3) is 5.31. The summed E-state index contributed by atoms with van der Waals surface area (Å²) in [5.41, 5.74) is 1.61. The summed E-state index contributed by atoms with van der Waals surface area (Å²) in [7, 11) is 5.02. The summed E-state index contributed by atoms with van der Waals surface area (Å²) in [5, 5.41) is 10.8. The zero-order valence-corrected chi connectivity index (χ0v) is 14.9. The summed E-state index contributed by atoms with van der Waals surface area (Å²) in [6, 6.07) is 17.0. The van der Waals surface area contributed by atoms with E-state index in [1.54, 1.807) is 12.1 Å². The van der Waals surface area contributed by atoms with Crippen LogP contribution in [0.2, 0.25) is 0 Å². The first-order valence-corrected chi connectivity index (χ1v) is 8.19. The van der Waals surface area contributed by atoms with Gasteiger partial charge in [-0.25, -0.2) is 0 Å². The Bertz CT molecular complexity index is 672. The highest BCUT2D eigenvalue weighted by Crippen LogP contribution is 2.31. The van der Waals surface area contributed by atoms with Gasteiger partial charge in [0.25, 0.3) is 0 Å². The molecule has 5 nitrogen and oxygen atoms in total. The Labute approximate surface area is 148 Å². The highest BCUT2D eigenvalue weighted by Gasteiger charge is 2.31. The zero-order valence-electron chi connectivity index (χ0n) is 14.9. The van der Waals surface area contributed by atoms with Crippen LogP contribution in [0.25, 0.3) is 0 Å². The van der Waals surface area contributed by atoms with E-state index in [0.29, 0.717) is 24.5 Å². The third-order valence-electron chi connectivity index (χ3n) is 3.92. The number of hydrogen-bond acceptors (Lipinski definition) is 5. The first-order chi connectivity index (χ1) is 12.0. The van der Waals surface area contributed by atoms with Crippen molar-refractivity contribution in [3.8, 4) is 5.75 Å². The lowest BCUT2D eigenvalue weighted by Crippen LogP contribution is -2.33. The van der Waals surface area contributed by atoms with Gasteiger partial charge < -0.3 is 19.5 Å². The average molecular weight is 343 g/mol. The van der Waals surface area contributed by atoms with Gasteiger partial charge in [0.15, 0.2) is 0 Å². The van der Waals surface area contributed by atoms with E-state index in [1.165, 1.54) is 7.11 Å². The van der Waals surface area contributed by atoms with Crippen molar-refractivity contribution in [2.75, 3.05) is 27.7 Å². The number of aliphatic hydroxyl groups excluding tert-OH is 1. The van der Waals surface area contributed by atoms with E-state index >= 15 is 0 Å². The van der Waals surface area contributed by atoms with Crippen LogP contribution in [0.15, 0.2) is 54.6 Å². The third-order valence-corrected chi connectivity index (χ3v) is 3.92. The van der Waals surface area contributed by atoms with Crippen molar-refractivity contribution in [1.82, 2.24) is 4.90 Å². The number of para-hydroxylation sites is 1. The zero-order chi connectivity index (χ0) is 18.2. The fraction of sp³-hybridized carbons (Fsp3) is 0.350. The van der Waals surface area contributed by atoms with Crippen molar-refractivity contribution in [2.45, 2.75) is 12.7 Å². The van der Waals surface area contributed by atoms with Crippen molar-refractivity contribution < 1.29 is 19.4 Å². The molecule has 5 heteroatoms. The maximum Gasteiger partial charge on any atom is 0.312 e. The number of methoxy groups -OCH3 is 1. The highest BCUT2D eigenvalue weighted by molar-refractivity contribution is 5.73. The van der Waals surface area contributed by atoms with Crippen LogP contribution in [0.3, 0.4) is 0 Å². The summed E-state index contributed by atoms with van der Waals surface area (Å²) < 4.78 is 10.7. The van der Waals surface area contributed by atoms with Gasteiger partial charge in [0.05, 0.1) is 19.1 Å². The van der Waals surface area contributed by atoms with Crippen LogP contribution in [-0.2, 0) is 16.1 Å². The molecule has 0 saturated carbocycles. The molecule has 0 aliphatic carbocycles. The smallest absolute Gasteiger partial charge is 0.312 e. The van der Waals surface area contributed by atoms with E-state index in [0.717, 1.165) is 5.56 Å². The SMILES string of the molecule is COC(=O)C(CN(C)C)C(O)c1ccccc1OCc1ccccc1. The van der Waals surface area contributed by atoms with E-state index in [4.69, 9.17) is 9.47 Å². The molecule has 2 aromatic carbocycles. The van der Waals surface area contributed by atoms with Crippen molar-refractivity contribution in [3.63, 3.8) is 0 Å². The lowest BCUT2D eigenvalue weighted by Gasteiger charge is -2.25. The predicted octanol–water partition coefficient (Wildman–Crippen LogP) is 2.65. The van der Waals surface area contributed by atoms with Crippen molar-refractivity contribution in [1.29, 1.82) is 0 Å². The Morgan fingerprint density at radius 3 is 2.36 bits per heavy atom. The number of esters is 1. The van der Waals surface area contributed by atoms with Crippen LogP contribution >= 0.6 is 0 Å². The van der Waals surface area contributed by atoms with Crippen LogP contribution in [0.5, 0.6) is 5.75 Å². The maximum absolute atomic E-state index is 12.1. The summed E-state index contributed by atoms with van der Waals surface area (Å²) in [6.07, 6.45) is -1.01. The molecule has 0 aromatic heterocycles. The summed E-state index contributed by atoms with van der Waals surface area (Å²) >= 11 is 0. The first-order valence-electron chi connectivity index (χ1n) is 8.19. The molecule has 0 amide bonds. The number of ether oxygens (including phenoxy) is 2. The number of aliphatic hydroxyl groups is 1. The van der Waals surface area contributed by atoms with Crippen molar-refractivity contribution >= 4 is 5.97 Å². The van der Waals surface area contributed by atoms with Crippen molar-refractivity contribution in [3.05, 3.63) is 65.7 Å². The Morgan fingerprint density at radius 2 is 1.72 bits per heavy atom. The molecule has 0 spiro atoms. The van der Waals surface area contributed by atoms with Crippen LogP contribution in [0.1, 0.15) is 17.2 Å². The molecule has 0 radical (unpaired) electrons. The standard InChI is InChI=1S/C20H25NO4/c1-21(2)13-17(20(23)24-3)19(22)16-11-7-8-12-18(16)25-14-15-9-5-4-6-10-15/h4-12,17,19,22H,13-14H2,1-3H3. The first kappa shape index (κ1) is 19.0. The molecule has 2 unspecified atom stereocenters. The van der Waals surface area contributed by atoms with Crippen LogP contribution < -0.4 is 4.74 Å². The van der Waals surface area contributed by atoms with Crippen LogP contribution in [0.4, 0.5) is 0 Å². The van der Waals surface area contributed by atoms with E-state index in [2.05, 4.69) is 0 Å². The van der Waals surface area contributed by atoms with E-state index in [9.17, 15) is 9.90 Å². The molecular formula is C20H25NO4. The minimum atomic E-state index is -1.01. The van der Waals surface area contributed by atoms with Crippen LogP contribution in [-0.4, -0.2) is 43.7 Å². The Balaban J connectivity index is 2.20. The predicted molar refractivity (Wildman–Crippen MR) is 96.2 cm³/mol. The molecule has 1 N–H and O–H groups in total. The average Bonchev–Trinajstić information content (AvgIpc) is 2.64. The minimum Gasteiger partial charge on any atom is -0.489 e. The molecule has 25 heavy (non-hydrogen) atoms. The number of benzene rings is 2. The van der Waals surface area contributed by atoms with Gasteiger partial charge in [-0.1, -0.05) is 48.5 Å². The molecule has 2 atom stereocenters. The summed E-state index contributed by atoms with van der Waals surface area (Å²) in [6.45, 7) is 0.766. The van der Waals surface area contributed by atoms with Gasteiger partial charge in [0.2, 0.25) is 0 Å². The van der Waals surface area contributed by atoms with Gasteiger partial charge >= 0.3 is 5.97 Å². The maximum atomic E-state index is 12.1. The van der Waals surface area contributed by atoms with Gasteiger partial charge in [0.1, 0.15) is 12.4 Å². The minimum absolute atomic E-state index is 0.376. The molecular weight excluding hydrogens is 318 g/mol. The summed E-state index contributed by atoms with van der Waals surface area (Å²) in [5.74, 6) is -0.577. The van der Waals surface area contributed by atoms with Gasteiger partial charge in [-0.05, 0) is 25.7 Å². The number of hydrogen-bond donors (Lipinski definition) is 1. The molecule has 134 valence electrons. The highest BCUT2D eigenvalue weighted by atomic mass is 16.5. The monoisotopic (exact) mass is 343 g/mol. The second kappa shape index (κ2) is 9.20. The van der Waals surface area contributed by atoms with E-state index in [-0.39, 0.29) is 0 Å². The molecule has 0 aliphatic rings. The largest absolute Gasteiger partial charge is 0.489 e. The molecule has 0 bridgehead atoms. The lowest BCUT2D eigenvalue weighted by molar-refractivity contribution is -0.150. The lowest BCUT2D eigenvalue weighted by atomic mass is 9.94. The quantitative estimate of drug-likeness (QED) is 0.747. The molecule has 0 fully saturated rings. The fourth-order valence-electron chi connectivity index (χ4n) is 2.66. The fourth-order valence-corrected chi connectivity index (χ4v) is 2.66. The molecule has 0 saturated heterocycles. The van der Waals surface area contributed by atoms with Crippen LogP contribution in [0, 0.1) is 5.92 Å². The second-order valence-corrected chi connectivity index (χ2v) is 6.15. The van der Waals surface area contributed by atoms with Gasteiger partial charge in [-0.3, -0.25) is 4.79 Å². The molecule has 2 aromatic rings. The van der Waals surface area contributed by atoms with E-state index in [1.807, 2.05) is 61.5 Å². The molecule has 0 aliphatic heterocycles. The Morgan fingerprint density at radius 1 is 1.08 bits per heavy atom. The Kier molecular flexibility index (Phi) is 6.98. The molecule has 2 rings (SSSR count). The number of carbonyl (C=O) groups excluding carboxylic acids is 1. The van der Waals surface area contributed by atoms with Crippen molar-refractivity contribution in [2.24, 2.45) is 5.92 Å². The van der Waals surface area contributed by atoms with Gasteiger partial charge in [-0.15, -0.1) is 0 Å². The number of nitrogens with zero attached hydrogens (tertiary/aromatic N) is 1. The topological polar surface area (TPSA) is 59.0 Å². The summed E-state index contributed by atoms with van der Waals surface area (Å²) in [4.78, 5) is 13.9. The molecule has 0 heterocycles. The van der Waals surface area contributed by atoms with E-state index < -0.39 is 18.0 Å². The Hall–Kier alpha value is -2.37. The normalized spacial score (nSPS) is 13.3. The second-order valence-electron chi connectivity index (χ2n) is 6.15. The number of rotatable bonds is 8. The number of carbonyl (C=O) groups is 1. The van der Waals surface area contributed by atoms with Gasteiger partial charge in [-0.2, -0.15) is 0 Å². The van der Waals surface area contributed by atoms with Gasteiger partial charge in [0, 0.05) is 12.1 Å².